The molecule has 2 unspecified atom stereocenters. The predicted octanol–water partition coefficient (Wildman–Crippen LogP) is -0.724. The van der Waals surface area contributed by atoms with Crippen LogP contribution in [0.1, 0.15) is 20.3 Å². The SMILES string of the molecule is CC(=O)CC(=O)NC1NC(C)=CC1O. The quantitative estimate of drug-likeness (QED) is 0.523. The molecule has 0 fully saturated rings. The molecule has 1 amide bonds. The summed E-state index contributed by atoms with van der Waals surface area (Å²) in [4.78, 5) is 21.8. The average Bonchev–Trinajstić information content (AvgIpc) is 2.28. The van der Waals surface area contributed by atoms with E-state index in [-0.39, 0.29) is 18.1 Å². The molecule has 0 aromatic heterocycles. The van der Waals surface area contributed by atoms with Gasteiger partial charge in [0.2, 0.25) is 5.91 Å². The lowest BCUT2D eigenvalue weighted by Gasteiger charge is -2.17. The number of rotatable bonds is 3. The molecule has 0 bridgehead atoms. The van der Waals surface area contributed by atoms with Gasteiger partial charge in [0.1, 0.15) is 18.1 Å². The maximum absolute atomic E-state index is 11.2. The smallest absolute Gasteiger partial charge is 0.229 e. The Kier molecular flexibility index (Phi) is 3.24. The first-order valence-electron chi connectivity index (χ1n) is 4.41. The molecule has 1 aliphatic rings. The van der Waals surface area contributed by atoms with Crippen molar-refractivity contribution >= 4 is 11.7 Å². The van der Waals surface area contributed by atoms with E-state index >= 15 is 0 Å². The van der Waals surface area contributed by atoms with E-state index in [0.29, 0.717) is 0 Å². The van der Waals surface area contributed by atoms with Gasteiger partial charge < -0.3 is 15.7 Å². The van der Waals surface area contributed by atoms with Gasteiger partial charge in [-0.3, -0.25) is 9.59 Å². The minimum Gasteiger partial charge on any atom is -0.385 e. The molecule has 3 N–H and O–H groups in total. The molecule has 1 aliphatic heterocycles. The highest BCUT2D eigenvalue weighted by molar-refractivity contribution is 5.96. The molecule has 14 heavy (non-hydrogen) atoms. The first-order valence-corrected chi connectivity index (χ1v) is 4.41. The number of hydrogen-bond donors (Lipinski definition) is 3. The number of carbonyl (C=O) groups is 2. The molecule has 0 radical (unpaired) electrons. The molecule has 0 aromatic rings. The molecule has 5 heteroatoms. The van der Waals surface area contributed by atoms with E-state index < -0.39 is 12.3 Å². The lowest BCUT2D eigenvalue weighted by atomic mass is 10.2. The fraction of sp³-hybridized carbons (Fsp3) is 0.556. The van der Waals surface area contributed by atoms with Crippen molar-refractivity contribution in [2.45, 2.75) is 32.5 Å². The number of ketones is 1. The molecule has 0 spiro atoms. The zero-order valence-corrected chi connectivity index (χ0v) is 8.20. The summed E-state index contributed by atoms with van der Waals surface area (Å²) < 4.78 is 0. The van der Waals surface area contributed by atoms with Gasteiger partial charge in [0.05, 0.1) is 6.42 Å². The summed E-state index contributed by atoms with van der Waals surface area (Å²) in [6.07, 6.45) is 0.218. The van der Waals surface area contributed by atoms with Crippen LogP contribution in [-0.2, 0) is 9.59 Å². The van der Waals surface area contributed by atoms with Gasteiger partial charge in [0.15, 0.2) is 0 Å². The van der Waals surface area contributed by atoms with E-state index in [1.807, 2.05) is 0 Å². The van der Waals surface area contributed by atoms with Crippen LogP contribution in [0.25, 0.3) is 0 Å². The van der Waals surface area contributed by atoms with Gasteiger partial charge in [-0.25, -0.2) is 0 Å². The Labute approximate surface area is 82.2 Å². The molecule has 2 atom stereocenters. The van der Waals surface area contributed by atoms with Crippen LogP contribution < -0.4 is 10.6 Å². The minimum absolute atomic E-state index is 0.149. The number of Topliss-reactive ketones (excluding diaryl/α,β-unsaturated/α-hetero) is 1. The second-order valence-electron chi connectivity index (χ2n) is 3.41. The molecule has 1 rings (SSSR count). The van der Waals surface area contributed by atoms with Crippen LogP contribution in [0.3, 0.4) is 0 Å². The molecule has 0 saturated carbocycles. The lowest BCUT2D eigenvalue weighted by molar-refractivity contribution is -0.128. The summed E-state index contributed by atoms with van der Waals surface area (Å²) in [5.74, 6) is -0.572. The number of nitrogens with one attached hydrogen (secondary N) is 2. The number of amides is 1. The van der Waals surface area contributed by atoms with Gasteiger partial charge in [0, 0.05) is 5.70 Å². The van der Waals surface area contributed by atoms with Gasteiger partial charge in [-0.2, -0.15) is 0 Å². The number of aliphatic hydroxyl groups excluding tert-OH is 1. The second-order valence-corrected chi connectivity index (χ2v) is 3.41. The molecule has 0 aliphatic carbocycles. The zero-order valence-electron chi connectivity index (χ0n) is 8.20. The number of hydrogen-bond acceptors (Lipinski definition) is 4. The summed E-state index contributed by atoms with van der Waals surface area (Å²) >= 11 is 0. The van der Waals surface area contributed by atoms with E-state index in [0.717, 1.165) is 5.70 Å². The van der Waals surface area contributed by atoms with E-state index in [2.05, 4.69) is 10.6 Å². The highest BCUT2D eigenvalue weighted by Crippen LogP contribution is 2.06. The van der Waals surface area contributed by atoms with E-state index in [1.54, 1.807) is 13.0 Å². The topological polar surface area (TPSA) is 78.4 Å². The van der Waals surface area contributed by atoms with Gasteiger partial charge >= 0.3 is 0 Å². The molecule has 78 valence electrons. The zero-order chi connectivity index (χ0) is 10.7. The Morgan fingerprint density at radius 3 is 2.71 bits per heavy atom. The van der Waals surface area contributed by atoms with Crippen molar-refractivity contribution in [3.63, 3.8) is 0 Å². The highest BCUT2D eigenvalue weighted by atomic mass is 16.3. The largest absolute Gasteiger partial charge is 0.385 e. The summed E-state index contributed by atoms with van der Waals surface area (Å²) in [6.45, 7) is 3.14. The third kappa shape index (κ3) is 2.85. The summed E-state index contributed by atoms with van der Waals surface area (Å²) in [5.41, 5.74) is 0.811. The third-order valence-electron chi connectivity index (χ3n) is 1.87. The normalized spacial score (nSPS) is 25.2. The average molecular weight is 198 g/mol. The van der Waals surface area contributed by atoms with E-state index in [9.17, 15) is 14.7 Å². The third-order valence-corrected chi connectivity index (χ3v) is 1.87. The summed E-state index contributed by atoms with van der Waals surface area (Å²) in [6, 6.07) is 0. The number of allylic oxidation sites excluding steroid dienone is 1. The Hall–Kier alpha value is -1.36. The van der Waals surface area contributed by atoms with Crippen LogP contribution in [0.2, 0.25) is 0 Å². The van der Waals surface area contributed by atoms with Crippen LogP contribution in [-0.4, -0.2) is 29.1 Å². The van der Waals surface area contributed by atoms with E-state index in [4.69, 9.17) is 0 Å². The van der Waals surface area contributed by atoms with Crippen LogP contribution in [0, 0.1) is 0 Å². The first-order chi connectivity index (χ1) is 6.49. The van der Waals surface area contributed by atoms with Crippen molar-refractivity contribution in [2.75, 3.05) is 0 Å². The van der Waals surface area contributed by atoms with Crippen molar-refractivity contribution in [3.8, 4) is 0 Å². The fourth-order valence-corrected chi connectivity index (χ4v) is 1.30. The van der Waals surface area contributed by atoms with Gasteiger partial charge in [-0.05, 0) is 19.9 Å². The molecule has 1 heterocycles. The van der Waals surface area contributed by atoms with E-state index in [1.165, 1.54) is 6.92 Å². The standard InChI is InChI=1S/C9H14N2O3/c1-5-3-7(13)9(10-5)11-8(14)4-6(2)12/h3,7,9-10,13H,4H2,1-2H3,(H,11,14). The van der Waals surface area contributed by atoms with Crippen LogP contribution in [0.5, 0.6) is 0 Å². The Bertz CT molecular complexity index is 286. The number of aliphatic hydroxyl groups is 1. The van der Waals surface area contributed by atoms with Gasteiger partial charge in [-0.15, -0.1) is 0 Å². The maximum atomic E-state index is 11.2. The molecule has 0 aromatic carbocycles. The van der Waals surface area contributed by atoms with Crippen molar-refractivity contribution in [1.82, 2.24) is 10.6 Å². The van der Waals surface area contributed by atoms with Crippen molar-refractivity contribution < 1.29 is 14.7 Å². The van der Waals surface area contributed by atoms with Crippen molar-refractivity contribution in [3.05, 3.63) is 11.8 Å². The highest BCUT2D eigenvalue weighted by Gasteiger charge is 2.24. The Morgan fingerprint density at radius 2 is 2.29 bits per heavy atom. The van der Waals surface area contributed by atoms with Crippen molar-refractivity contribution in [2.24, 2.45) is 0 Å². The molecular weight excluding hydrogens is 184 g/mol. The minimum atomic E-state index is -0.731. The molecule has 0 saturated heterocycles. The Morgan fingerprint density at radius 1 is 1.64 bits per heavy atom. The molecule has 5 nitrogen and oxygen atoms in total. The maximum Gasteiger partial charge on any atom is 0.229 e. The second kappa shape index (κ2) is 4.23. The summed E-state index contributed by atoms with van der Waals surface area (Å²) in [5, 5.41) is 14.8. The first kappa shape index (κ1) is 10.7. The van der Waals surface area contributed by atoms with Crippen LogP contribution in [0.4, 0.5) is 0 Å². The van der Waals surface area contributed by atoms with Gasteiger partial charge in [0.25, 0.3) is 0 Å². The molecular formula is C9H14N2O3. The Balaban J connectivity index is 2.39. The monoisotopic (exact) mass is 198 g/mol. The predicted molar refractivity (Wildman–Crippen MR) is 50.1 cm³/mol. The lowest BCUT2D eigenvalue weighted by Crippen LogP contribution is -2.48. The summed E-state index contributed by atoms with van der Waals surface area (Å²) in [7, 11) is 0. The van der Waals surface area contributed by atoms with Crippen molar-refractivity contribution in [1.29, 1.82) is 0 Å². The number of carbonyl (C=O) groups excluding carboxylic acids is 2. The van der Waals surface area contributed by atoms with Crippen LogP contribution >= 0.6 is 0 Å². The van der Waals surface area contributed by atoms with Gasteiger partial charge in [-0.1, -0.05) is 0 Å². The fourth-order valence-electron chi connectivity index (χ4n) is 1.30. The van der Waals surface area contributed by atoms with Crippen LogP contribution in [0.15, 0.2) is 11.8 Å².